The minimum Gasteiger partial charge on any atom is -0.395 e. The second-order valence-corrected chi connectivity index (χ2v) is 6.64. The topological polar surface area (TPSA) is 52.5 Å². The highest BCUT2D eigenvalue weighted by Gasteiger charge is 2.15. The Morgan fingerprint density at radius 3 is 2.50 bits per heavy atom. The lowest BCUT2D eigenvalue weighted by molar-refractivity contribution is 0.304. The van der Waals surface area contributed by atoms with Crippen molar-refractivity contribution in [2.24, 2.45) is 0 Å². The lowest BCUT2D eigenvalue weighted by Gasteiger charge is -2.25. The van der Waals surface area contributed by atoms with Gasteiger partial charge in [0.25, 0.3) is 0 Å². The molecule has 26 heavy (non-hydrogen) atoms. The van der Waals surface area contributed by atoms with Crippen LogP contribution in [0.5, 0.6) is 0 Å². The molecule has 2 aromatic heterocycles. The molecular formula is C21H26N4O. The largest absolute Gasteiger partial charge is 0.395 e. The summed E-state index contributed by atoms with van der Waals surface area (Å²) in [6.07, 6.45) is 6.57. The predicted molar refractivity (Wildman–Crippen MR) is 108 cm³/mol. The molecule has 5 heteroatoms. The summed E-state index contributed by atoms with van der Waals surface area (Å²) in [7, 11) is 4.08. The molecule has 0 aliphatic heterocycles. The standard InChI is InChI=1S/C21H26N4O/c1-16-5-4-6-18-19(15-23-21(20(16)18)25(3)13-14-26)24(2)12-9-17-7-10-22-11-8-17/h4-8,10-11,15,26H,9,12-14H2,1-3H3. The van der Waals surface area contributed by atoms with Crippen LogP contribution in [0.3, 0.4) is 0 Å². The molecule has 2 heterocycles. The smallest absolute Gasteiger partial charge is 0.136 e. The van der Waals surface area contributed by atoms with Crippen LogP contribution in [-0.2, 0) is 6.42 Å². The third-order valence-corrected chi connectivity index (χ3v) is 4.77. The van der Waals surface area contributed by atoms with E-state index >= 15 is 0 Å². The van der Waals surface area contributed by atoms with Crippen molar-refractivity contribution in [2.45, 2.75) is 13.3 Å². The minimum absolute atomic E-state index is 0.110. The fraction of sp³-hybridized carbons (Fsp3) is 0.333. The normalized spacial score (nSPS) is 10.9. The van der Waals surface area contributed by atoms with Gasteiger partial charge in [-0.15, -0.1) is 0 Å². The Labute approximate surface area is 154 Å². The zero-order valence-electron chi connectivity index (χ0n) is 15.7. The highest BCUT2D eigenvalue weighted by molar-refractivity contribution is 6.02. The van der Waals surface area contributed by atoms with Gasteiger partial charge in [-0.3, -0.25) is 4.98 Å². The van der Waals surface area contributed by atoms with Gasteiger partial charge in [-0.1, -0.05) is 18.2 Å². The first kappa shape index (κ1) is 18.1. The molecule has 0 amide bonds. The minimum atomic E-state index is 0.110. The van der Waals surface area contributed by atoms with E-state index in [9.17, 15) is 5.11 Å². The summed E-state index contributed by atoms with van der Waals surface area (Å²) in [6, 6.07) is 10.5. The van der Waals surface area contributed by atoms with Crippen LogP contribution in [0, 0.1) is 6.92 Å². The average molecular weight is 350 g/mol. The second-order valence-electron chi connectivity index (χ2n) is 6.64. The van der Waals surface area contributed by atoms with Gasteiger partial charge >= 0.3 is 0 Å². The number of pyridine rings is 2. The van der Waals surface area contributed by atoms with E-state index in [1.54, 1.807) is 0 Å². The molecule has 0 fully saturated rings. The molecule has 0 aliphatic carbocycles. The van der Waals surface area contributed by atoms with Gasteiger partial charge in [-0.2, -0.15) is 0 Å². The van der Waals surface area contributed by atoms with E-state index in [-0.39, 0.29) is 6.61 Å². The first-order valence-corrected chi connectivity index (χ1v) is 8.92. The van der Waals surface area contributed by atoms with Gasteiger partial charge in [-0.25, -0.2) is 4.98 Å². The van der Waals surface area contributed by atoms with E-state index in [2.05, 4.69) is 54.2 Å². The van der Waals surface area contributed by atoms with Crippen LogP contribution in [0.25, 0.3) is 10.8 Å². The lowest BCUT2D eigenvalue weighted by Crippen LogP contribution is -2.24. The molecule has 0 saturated carbocycles. The predicted octanol–water partition coefficient (Wildman–Crippen LogP) is 3.05. The molecule has 0 atom stereocenters. The maximum atomic E-state index is 9.28. The van der Waals surface area contributed by atoms with E-state index in [4.69, 9.17) is 4.98 Å². The van der Waals surface area contributed by atoms with Gasteiger partial charge in [0, 0.05) is 50.4 Å². The van der Waals surface area contributed by atoms with E-state index in [1.165, 1.54) is 16.5 Å². The summed E-state index contributed by atoms with van der Waals surface area (Å²) in [4.78, 5) is 13.1. The van der Waals surface area contributed by atoms with Crippen molar-refractivity contribution >= 4 is 22.3 Å². The van der Waals surface area contributed by atoms with Crippen molar-refractivity contribution in [1.29, 1.82) is 0 Å². The van der Waals surface area contributed by atoms with Crippen LogP contribution in [0.4, 0.5) is 11.5 Å². The number of anilines is 2. The number of aromatic nitrogens is 2. The molecule has 136 valence electrons. The van der Waals surface area contributed by atoms with Gasteiger partial charge in [0.1, 0.15) is 5.82 Å². The molecule has 1 N–H and O–H groups in total. The Balaban J connectivity index is 1.94. The zero-order valence-corrected chi connectivity index (χ0v) is 15.7. The number of aliphatic hydroxyl groups excluding tert-OH is 1. The summed E-state index contributed by atoms with van der Waals surface area (Å²) in [5, 5.41) is 11.6. The third-order valence-electron chi connectivity index (χ3n) is 4.77. The van der Waals surface area contributed by atoms with Crippen LogP contribution in [0.2, 0.25) is 0 Å². The van der Waals surface area contributed by atoms with Crippen molar-refractivity contribution in [3.8, 4) is 0 Å². The number of aliphatic hydroxyl groups is 1. The number of benzene rings is 1. The first-order valence-electron chi connectivity index (χ1n) is 8.92. The molecular weight excluding hydrogens is 324 g/mol. The third kappa shape index (κ3) is 3.78. The number of hydrogen-bond donors (Lipinski definition) is 1. The maximum Gasteiger partial charge on any atom is 0.136 e. The molecule has 0 spiro atoms. The molecule has 5 nitrogen and oxygen atoms in total. The number of hydrogen-bond acceptors (Lipinski definition) is 5. The number of aryl methyl sites for hydroxylation is 1. The molecule has 0 aliphatic rings. The molecule has 0 radical (unpaired) electrons. The van der Waals surface area contributed by atoms with Crippen molar-refractivity contribution in [2.75, 3.05) is 43.6 Å². The highest BCUT2D eigenvalue weighted by Crippen LogP contribution is 2.33. The fourth-order valence-corrected chi connectivity index (χ4v) is 3.25. The van der Waals surface area contributed by atoms with Crippen LogP contribution in [-0.4, -0.2) is 48.9 Å². The Bertz CT molecular complexity index is 867. The zero-order chi connectivity index (χ0) is 18.5. The maximum absolute atomic E-state index is 9.28. The van der Waals surface area contributed by atoms with Crippen molar-refractivity contribution in [3.05, 3.63) is 60.0 Å². The van der Waals surface area contributed by atoms with Crippen molar-refractivity contribution < 1.29 is 5.11 Å². The summed E-state index contributed by atoms with van der Waals surface area (Å²) in [6.45, 7) is 3.69. The van der Waals surface area contributed by atoms with Gasteiger partial charge in [0.05, 0.1) is 18.5 Å². The first-order chi connectivity index (χ1) is 12.6. The Kier molecular flexibility index (Phi) is 5.68. The van der Waals surface area contributed by atoms with Gasteiger partial charge in [0.15, 0.2) is 0 Å². The average Bonchev–Trinajstić information content (AvgIpc) is 2.66. The Morgan fingerprint density at radius 1 is 1.00 bits per heavy atom. The van der Waals surface area contributed by atoms with Crippen LogP contribution in [0.15, 0.2) is 48.9 Å². The monoisotopic (exact) mass is 350 g/mol. The van der Waals surface area contributed by atoms with E-state index in [0.717, 1.165) is 29.9 Å². The number of nitrogens with zero attached hydrogens (tertiary/aromatic N) is 4. The number of likely N-dealkylation sites (N-methyl/N-ethyl adjacent to an activating group) is 2. The summed E-state index contributed by atoms with van der Waals surface area (Å²) in [5.41, 5.74) is 3.60. The van der Waals surface area contributed by atoms with Gasteiger partial charge in [0.2, 0.25) is 0 Å². The Hall–Kier alpha value is -2.66. The van der Waals surface area contributed by atoms with E-state index in [0.29, 0.717) is 6.54 Å². The van der Waals surface area contributed by atoms with Gasteiger partial charge < -0.3 is 14.9 Å². The van der Waals surface area contributed by atoms with Crippen LogP contribution in [0.1, 0.15) is 11.1 Å². The lowest BCUT2D eigenvalue weighted by atomic mass is 10.0. The molecule has 3 aromatic rings. The van der Waals surface area contributed by atoms with E-state index < -0.39 is 0 Å². The van der Waals surface area contributed by atoms with Crippen LogP contribution < -0.4 is 9.80 Å². The van der Waals surface area contributed by atoms with Crippen LogP contribution >= 0.6 is 0 Å². The number of fused-ring (bicyclic) bond motifs is 1. The van der Waals surface area contributed by atoms with E-state index in [1.807, 2.05) is 30.5 Å². The quantitative estimate of drug-likeness (QED) is 0.710. The Morgan fingerprint density at radius 2 is 1.77 bits per heavy atom. The highest BCUT2D eigenvalue weighted by atomic mass is 16.3. The summed E-state index contributed by atoms with van der Waals surface area (Å²) >= 11 is 0. The molecule has 0 unspecified atom stereocenters. The second kappa shape index (κ2) is 8.15. The summed E-state index contributed by atoms with van der Waals surface area (Å²) in [5.74, 6) is 0.915. The van der Waals surface area contributed by atoms with Gasteiger partial charge in [-0.05, 0) is 36.6 Å². The summed E-state index contributed by atoms with van der Waals surface area (Å²) < 4.78 is 0. The molecule has 3 rings (SSSR count). The molecule has 0 bridgehead atoms. The molecule has 1 aromatic carbocycles. The SMILES string of the molecule is Cc1cccc2c(N(C)CCc3ccncc3)cnc(N(C)CCO)c12. The van der Waals surface area contributed by atoms with Crippen molar-refractivity contribution in [1.82, 2.24) is 9.97 Å². The fourth-order valence-electron chi connectivity index (χ4n) is 3.25. The van der Waals surface area contributed by atoms with Crippen molar-refractivity contribution in [3.63, 3.8) is 0 Å². The number of rotatable bonds is 7. The molecule has 0 saturated heterocycles.